The van der Waals surface area contributed by atoms with Gasteiger partial charge >= 0.3 is 0 Å². The number of carbonyl (C=O) groups is 1. The largest absolute Gasteiger partial charge is 0.321 e. The van der Waals surface area contributed by atoms with Crippen LogP contribution in [0.5, 0.6) is 0 Å². The van der Waals surface area contributed by atoms with Crippen LogP contribution in [0.3, 0.4) is 0 Å². The Bertz CT molecular complexity index is 1330. The van der Waals surface area contributed by atoms with Gasteiger partial charge in [-0.15, -0.1) is 5.10 Å². The van der Waals surface area contributed by atoms with Crippen LogP contribution in [0.1, 0.15) is 16.7 Å². The average Bonchev–Trinajstić information content (AvgIpc) is 3.40. The van der Waals surface area contributed by atoms with Gasteiger partial charge < -0.3 is 5.32 Å². The summed E-state index contributed by atoms with van der Waals surface area (Å²) in [5, 5.41) is 20.2. The zero-order valence-electron chi connectivity index (χ0n) is 15.8. The van der Waals surface area contributed by atoms with E-state index in [0.29, 0.717) is 11.1 Å². The Hall–Kier alpha value is -4.50. The molecule has 2 heterocycles. The Balaban J connectivity index is 1.40. The van der Waals surface area contributed by atoms with E-state index >= 15 is 0 Å². The minimum Gasteiger partial charge on any atom is -0.321 e. The Labute approximate surface area is 172 Å². The van der Waals surface area contributed by atoms with Crippen LogP contribution >= 0.6 is 0 Å². The van der Waals surface area contributed by atoms with Crippen molar-refractivity contribution in [2.45, 2.75) is 0 Å². The Morgan fingerprint density at radius 2 is 1.73 bits per heavy atom. The van der Waals surface area contributed by atoms with E-state index in [1.54, 1.807) is 16.8 Å². The van der Waals surface area contributed by atoms with Crippen molar-refractivity contribution in [1.82, 2.24) is 15.0 Å². The van der Waals surface area contributed by atoms with Crippen molar-refractivity contribution in [1.29, 1.82) is 5.26 Å². The van der Waals surface area contributed by atoms with Gasteiger partial charge in [-0.2, -0.15) is 5.26 Å². The predicted molar refractivity (Wildman–Crippen MR) is 114 cm³/mol. The molecule has 0 spiro atoms. The Morgan fingerprint density at radius 3 is 2.50 bits per heavy atom. The van der Waals surface area contributed by atoms with Crippen LogP contribution in [-0.2, 0) is 4.79 Å². The van der Waals surface area contributed by atoms with E-state index < -0.39 is 0 Å². The maximum absolute atomic E-state index is 12.3. The summed E-state index contributed by atoms with van der Waals surface area (Å²) in [6, 6.07) is 24.7. The fourth-order valence-corrected chi connectivity index (χ4v) is 3.41. The van der Waals surface area contributed by atoms with Crippen LogP contribution in [0.2, 0.25) is 0 Å². The zero-order chi connectivity index (χ0) is 20.5. The summed E-state index contributed by atoms with van der Waals surface area (Å²) in [6.07, 6.45) is 3.73. The number of anilines is 1. The normalized spacial score (nSPS) is 13.7. The first-order valence-corrected chi connectivity index (χ1v) is 9.37. The number of amides is 1. The predicted octanol–water partition coefficient (Wildman–Crippen LogP) is 4.30. The van der Waals surface area contributed by atoms with E-state index in [1.165, 1.54) is 0 Å². The molecule has 5 rings (SSSR count). The third-order valence-corrected chi connectivity index (χ3v) is 4.98. The lowest BCUT2D eigenvalue weighted by atomic mass is 10.0. The van der Waals surface area contributed by atoms with E-state index in [9.17, 15) is 4.79 Å². The molecule has 142 valence electrons. The van der Waals surface area contributed by atoms with Crippen molar-refractivity contribution >= 4 is 23.2 Å². The minimum absolute atomic E-state index is 0.0920. The summed E-state index contributed by atoms with van der Waals surface area (Å²) in [6.45, 7) is 0. The summed E-state index contributed by atoms with van der Waals surface area (Å²) >= 11 is 0. The summed E-state index contributed by atoms with van der Waals surface area (Å²) in [5.74, 6) is -0.0920. The third kappa shape index (κ3) is 3.15. The van der Waals surface area contributed by atoms with Crippen molar-refractivity contribution < 1.29 is 4.79 Å². The Morgan fingerprint density at radius 1 is 0.967 bits per heavy atom. The second kappa shape index (κ2) is 7.15. The summed E-state index contributed by atoms with van der Waals surface area (Å²) < 4.78 is 1.67. The first-order chi connectivity index (χ1) is 14.7. The Kier molecular flexibility index (Phi) is 4.19. The molecule has 1 aliphatic rings. The fraction of sp³-hybridized carbons (Fsp3) is 0. The molecule has 1 aliphatic heterocycles. The third-order valence-electron chi connectivity index (χ3n) is 4.98. The lowest BCUT2D eigenvalue weighted by Crippen LogP contribution is -2.03. The van der Waals surface area contributed by atoms with Crippen LogP contribution in [0.15, 0.2) is 79.0 Å². The number of rotatable bonds is 3. The molecule has 6 heteroatoms. The van der Waals surface area contributed by atoms with Crippen LogP contribution in [0.4, 0.5) is 5.69 Å². The summed E-state index contributed by atoms with van der Waals surface area (Å²) in [5.41, 5.74) is 6.44. The lowest BCUT2D eigenvalue weighted by Gasteiger charge is -2.01. The number of nitrogens with zero attached hydrogens (tertiary/aromatic N) is 4. The molecule has 4 aromatic rings. The van der Waals surface area contributed by atoms with Gasteiger partial charge in [0.05, 0.1) is 23.5 Å². The van der Waals surface area contributed by atoms with Gasteiger partial charge in [0.25, 0.3) is 5.91 Å². The van der Waals surface area contributed by atoms with Crippen molar-refractivity contribution in [3.63, 3.8) is 0 Å². The second-order valence-electron chi connectivity index (χ2n) is 6.89. The van der Waals surface area contributed by atoms with Gasteiger partial charge in [-0.1, -0.05) is 47.7 Å². The molecule has 0 atom stereocenters. The van der Waals surface area contributed by atoms with Crippen LogP contribution in [-0.4, -0.2) is 20.9 Å². The number of benzene rings is 3. The monoisotopic (exact) mass is 389 g/mol. The molecule has 0 unspecified atom stereocenters. The molecule has 30 heavy (non-hydrogen) atoms. The molecule has 3 aromatic carbocycles. The van der Waals surface area contributed by atoms with Gasteiger partial charge in [0.2, 0.25) is 0 Å². The molecular weight excluding hydrogens is 374 g/mol. The summed E-state index contributed by atoms with van der Waals surface area (Å²) in [4.78, 5) is 12.3. The maximum atomic E-state index is 12.3. The highest BCUT2D eigenvalue weighted by Gasteiger charge is 2.23. The molecule has 0 aliphatic carbocycles. The molecule has 0 saturated heterocycles. The highest BCUT2D eigenvalue weighted by Crippen LogP contribution is 2.32. The van der Waals surface area contributed by atoms with Gasteiger partial charge in [-0.05, 0) is 42.0 Å². The number of nitrogens with one attached hydrogen (secondary N) is 1. The second-order valence-corrected chi connectivity index (χ2v) is 6.89. The van der Waals surface area contributed by atoms with Gasteiger partial charge in [0.1, 0.15) is 5.69 Å². The summed E-state index contributed by atoms with van der Waals surface area (Å²) in [7, 11) is 0. The number of nitriles is 1. The van der Waals surface area contributed by atoms with Crippen molar-refractivity contribution in [2.75, 3.05) is 5.32 Å². The lowest BCUT2D eigenvalue weighted by molar-refractivity contribution is -0.110. The van der Waals surface area contributed by atoms with E-state index in [1.807, 2.05) is 72.9 Å². The molecule has 1 amide bonds. The first-order valence-electron chi connectivity index (χ1n) is 9.37. The SMILES string of the molecule is N#Cc1ccc(-n2cc(-c3ccc(/C=C4\C(=O)Nc5ccccc54)cc3)nn2)cc1. The fourth-order valence-electron chi connectivity index (χ4n) is 3.41. The molecule has 0 bridgehead atoms. The molecule has 6 nitrogen and oxygen atoms in total. The maximum Gasteiger partial charge on any atom is 0.256 e. The van der Waals surface area contributed by atoms with Gasteiger partial charge in [-0.25, -0.2) is 4.68 Å². The number of para-hydroxylation sites is 1. The minimum atomic E-state index is -0.0920. The highest BCUT2D eigenvalue weighted by atomic mass is 16.2. The van der Waals surface area contributed by atoms with E-state index in [4.69, 9.17) is 5.26 Å². The number of carbonyl (C=O) groups excluding carboxylic acids is 1. The van der Waals surface area contributed by atoms with Crippen molar-refractivity contribution in [3.8, 4) is 23.0 Å². The van der Waals surface area contributed by atoms with Gasteiger partial charge in [0, 0.05) is 22.4 Å². The van der Waals surface area contributed by atoms with Crippen LogP contribution in [0.25, 0.3) is 28.6 Å². The van der Waals surface area contributed by atoms with E-state index in [2.05, 4.69) is 21.7 Å². The molecule has 1 N–H and O–H groups in total. The first kappa shape index (κ1) is 17.6. The number of fused-ring (bicyclic) bond motifs is 1. The van der Waals surface area contributed by atoms with Crippen molar-refractivity contribution in [2.24, 2.45) is 0 Å². The van der Waals surface area contributed by atoms with Crippen molar-refractivity contribution in [3.05, 3.63) is 95.7 Å². The standard InChI is InChI=1S/C24H15N5O/c25-14-17-7-11-19(12-8-17)29-15-23(27-28-29)18-9-5-16(6-10-18)13-21-20-3-1-2-4-22(20)26-24(21)30/h1-13,15H,(H,26,30)/b21-13-. The van der Waals surface area contributed by atoms with Gasteiger partial charge in [0.15, 0.2) is 0 Å². The molecule has 0 saturated carbocycles. The van der Waals surface area contributed by atoms with E-state index in [0.717, 1.165) is 33.8 Å². The number of hydrogen-bond donors (Lipinski definition) is 1. The highest BCUT2D eigenvalue weighted by molar-refractivity contribution is 6.34. The van der Waals surface area contributed by atoms with Gasteiger partial charge in [-0.3, -0.25) is 4.79 Å². The zero-order valence-corrected chi connectivity index (χ0v) is 15.8. The molecule has 1 aromatic heterocycles. The number of hydrogen-bond acceptors (Lipinski definition) is 4. The molecule has 0 radical (unpaired) electrons. The number of aromatic nitrogens is 3. The topological polar surface area (TPSA) is 83.6 Å². The molecule has 0 fully saturated rings. The van der Waals surface area contributed by atoms with Crippen LogP contribution < -0.4 is 5.32 Å². The van der Waals surface area contributed by atoms with Crippen LogP contribution in [0, 0.1) is 11.3 Å². The quantitative estimate of drug-likeness (QED) is 0.530. The smallest absolute Gasteiger partial charge is 0.256 e. The van der Waals surface area contributed by atoms with E-state index in [-0.39, 0.29) is 5.91 Å². The molecular formula is C24H15N5O. The average molecular weight is 389 g/mol.